The van der Waals surface area contributed by atoms with Crippen molar-refractivity contribution in [2.75, 3.05) is 14.1 Å². The van der Waals surface area contributed by atoms with Gasteiger partial charge in [0, 0.05) is 19.0 Å². The number of thioether (sulfide) groups is 1. The third-order valence-corrected chi connectivity index (χ3v) is 3.31. The molecule has 1 rings (SSSR count). The van der Waals surface area contributed by atoms with Gasteiger partial charge in [0.05, 0.1) is 4.91 Å². The highest BCUT2D eigenvalue weighted by atomic mass is 32.2. The molecule has 0 saturated carbocycles. The van der Waals surface area contributed by atoms with Gasteiger partial charge in [-0.3, -0.25) is 0 Å². The Kier molecular flexibility index (Phi) is 5.86. The number of allylic oxidation sites excluding steroid dienone is 2. The molecule has 6 heteroatoms. The summed E-state index contributed by atoms with van der Waals surface area (Å²) in [6, 6.07) is 9.02. The number of carboxylic acids is 2. The van der Waals surface area contributed by atoms with Gasteiger partial charge in [-0.1, -0.05) is 30.0 Å². The normalized spacial score (nSPS) is 12.1. The van der Waals surface area contributed by atoms with Crippen molar-refractivity contribution >= 4 is 23.7 Å². The maximum Gasteiger partial charge on any atom is 0.352 e. The topological polar surface area (TPSA) is 77.8 Å². The molecule has 0 unspecified atom stereocenters. The minimum absolute atomic E-state index is 0.0115. The molecule has 1 aromatic rings. The van der Waals surface area contributed by atoms with E-state index in [0.29, 0.717) is 0 Å². The third kappa shape index (κ3) is 4.81. The number of rotatable bonds is 6. The van der Waals surface area contributed by atoms with Crippen molar-refractivity contribution in [2.45, 2.75) is 4.90 Å². The van der Waals surface area contributed by atoms with Gasteiger partial charge in [0.25, 0.3) is 0 Å². The summed E-state index contributed by atoms with van der Waals surface area (Å²) in [7, 11) is 3.16. The predicted molar refractivity (Wildman–Crippen MR) is 77.4 cm³/mol. The molecule has 106 valence electrons. The number of benzene rings is 1. The molecule has 0 radical (unpaired) electrons. The number of carbonyl (C=O) groups is 2. The minimum atomic E-state index is -1.11. The average molecular weight is 293 g/mol. The second-order valence-electron chi connectivity index (χ2n) is 4.00. The van der Waals surface area contributed by atoms with Gasteiger partial charge in [0.2, 0.25) is 0 Å². The first kappa shape index (κ1) is 15.8. The summed E-state index contributed by atoms with van der Waals surface area (Å²) < 4.78 is 0. The quantitative estimate of drug-likeness (QED) is 0.476. The molecular weight excluding hydrogens is 278 g/mol. The van der Waals surface area contributed by atoms with Crippen molar-refractivity contribution in [3.8, 4) is 0 Å². The zero-order chi connectivity index (χ0) is 15.1. The molecule has 0 atom stereocenters. The molecule has 0 aromatic heterocycles. The van der Waals surface area contributed by atoms with Gasteiger partial charge >= 0.3 is 11.9 Å². The number of likely N-dealkylation sites (N-methyl/N-ethyl adjacent to an activating group) is 1. The molecule has 0 heterocycles. The Morgan fingerprint density at radius 3 is 2.10 bits per heavy atom. The minimum Gasteiger partial charge on any atom is -0.477 e. The lowest BCUT2D eigenvalue weighted by molar-refractivity contribution is -0.134. The number of aliphatic carboxylic acids is 2. The molecule has 1 aromatic carbocycles. The molecular formula is C14H15NO4S. The van der Waals surface area contributed by atoms with Crippen molar-refractivity contribution in [2.24, 2.45) is 0 Å². The van der Waals surface area contributed by atoms with Gasteiger partial charge in [-0.2, -0.15) is 0 Å². The fourth-order valence-corrected chi connectivity index (χ4v) is 2.10. The maximum absolute atomic E-state index is 11.2. The summed E-state index contributed by atoms with van der Waals surface area (Å²) in [5.74, 6) is -2.21. The fourth-order valence-electron chi connectivity index (χ4n) is 1.33. The third-order valence-electron chi connectivity index (χ3n) is 2.28. The molecule has 20 heavy (non-hydrogen) atoms. The standard InChI is InChI=1S/C14H15NO4S/c1-15(2)11(13(16)17)8-9-12(14(18)19)20-10-6-4-3-5-7-10/h3-9H,1-2H3,(H,16,17)(H,18,19). The van der Waals surface area contributed by atoms with Crippen LogP contribution < -0.4 is 0 Å². The zero-order valence-electron chi connectivity index (χ0n) is 11.1. The van der Waals surface area contributed by atoms with E-state index >= 15 is 0 Å². The fraction of sp³-hybridized carbons (Fsp3) is 0.143. The van der Waals surface area contributed by atoms with Crippen molar-refractivity contribution in [3.63, 3.8) is 0 Å². The molecule has 0 saturated heterocycles. The first-order valence-electron chi connectivity index (χ1n) is 5.70. The molecule has 0 aliphatic carbocycles. The van der Waals surface area contributed by atoms with E-state index in [1.807, 2.05) is 6.07 Å². The van der Waals surface area contributed by atoms with Crippen LogP contribution in [0.15, 0.2) is 58.0 Å². The molecule has 0 aliphatic heterocycles. The number of hydrogen-bond donors (Lipinski definition) is 2. The Morgan fingerprint density at radius 2 is 1.65 bits per heavy atom. The van der Waals surface area contributed by atoms with Gasteiger partial charge in [-0.05, 0) is 24.3 Å². The van der Waals surface area contributed by atoms with Crippen molar-refractivity contribution < 1.29 is 19.8 Å². The monoisotopic (exact) mass is 293 g/mol. The lowest BCUT2D eigenvalue weighted by Gasteiger charge is -2.11. The average Bonchev–Trinajstić information content (AvgIpc) is 2.37. The summed E-state index contributed by atoms with van der Waals surface area (Å²) in [5, 5.41) is 18.1. The van der Waals surface area contributed by atoms with Gasteiger partial charge in [-0.15, -0.1) is 0 Å². The van der Waals surface area contributed by atoms with Crippen molar-refractivity contribution in [1.82, 2.24) is 4.90 Å². The zero-order valence-corrected chi connectivity index (χ0v) is 11.9. The van der Waals surface area contributed by atoms with Gasteiger partial charge in [0.1, 0.15) is 5.70 Å². The van der Waals surface area contributed by atoms with Crippen molar-refractivity contribution in [1.29, 1.82) is 0 Å². The van der Waals surface area contributed by atoms with E-state index in [9.17, 15) is 9.59 Å². The molecule has 0 bridgehead atoms. The van der Waals surface area contributed by atoms with E-state index in [0.717, 1.165) is 16.7 Å². The van der Waals surface area contributed by atoms with Crippen LogP contribution in [0.25, 0.3) is 0 Å². The molecule has 0 aliphatic rings. The van der Waals surface area contributed by atoms with Crippen LogP contribution in [-0.2, 0) is 9.59 Å². The van der Waals surface area contributed by atoms with Crippen LogP contribution >= 0.6 is 11.8 Å². The van der Waals surface area contributed by atoms with E-state index in [-0.39, 0.29) is 10.6 Å². The van der Waals surface area contributed by atoms with Gasteiger partial charge in [0.15, 0.2) is 0 Å². The summed E-state index contributed by atoms with van der Waals surface area (Å²) in [6.07, 6.45) is 2.57. The molecule has 2 N–H and O–H groups in total. The lowest BCUT2D eigenvalue weighted by Crippen LogP contribution is -2.18. The van der Waals surface area contributed by atoms with E-state index in [1.165, 1.54) is 17.1 Å². The summed E-state index contributed by atoms with van der Waals surface area (Å²) in [6.45, 7) is 0. The van der Waals surface area contributed by atoms with Gasteiger partial charge < -0.3 is 15.1 Å². The van der Waals surface area contributed by atoms with Crippen LogP contribution in [0, 0.1) is 0 Å². The summed E-state index contributed by atoms with van der Waals surface area (Å²) in [4.78, 5) is 24.4. The van der Waals surface area contributed by atoms with E-state index in [4.69, 9.17) is 10.2 Å². The second kappa shape index (κ2) is 7.40. The largest absolute Gasteiger partial charge is 0.477 e. The Hall–Kier alpha value is -2.21. The number of hydrogen-bond acceptors (Lipinski definition) is 4. The van der Waals surface area contributed by atoms with E-state index in [2.05, 4.69) is 0 Å². The Bertz CT molecular complexity index is 550. The van der Waals surface area contributed by atoms with Crippen molar-refractivity contribution in [3.05, 3.63) is 53.1 Å². The van der Waals surface area contributed by atoms with Gasteiger partial charge in [-0.25, -0.2) is 9.59 Å². The first-order chi connectivity index (χ1) is 9.41. The second-order valence-corrected chi connectivity index (χ2v) is 5.12. The predicted octanol–water partition coefficient (Wildman–Crippen LogP) is 2.28. The lowest BCUT2D eigenvalue weighted by atomic mass is 10.3. The number of carboxylic acid groups (broad SMARTS) is 2. The van der Waals surface area contributed by atoms with Crippen LogP contribution in [0.4, 0.5) is 0 Å². The molecule has 5 nitrogen and oxygen atoms in total. The van der Waals surface area contributed by atoms with Crippen LogP contribution in [0.1, 0.15) is 0 Å². The Balaban J connectivity index is 3.02. The molecule has 0 amide bonds. The smallest absolute Gasteiger partial charge is 0.352 e. The van der Waals surface area contributed by atoms with Crippen LogP contribution in [0.5, 0.6) is 0 Å². The van der Waals surface area contributed by atoms with Crippen LogP contribution in [0.2, 0.25) is 0 Å². The van der Waals surface area contributed by atoms with Crippen LogP contribution in [0.3, 0.4) is 0 Å². The van der Waals surface area contributed by atoms with E-state index in [1.54, 1.807) is 38.4 Å². The summed E-state index contributed by atoms with van der Waals surface area (Å²) >= 11 is 1.07. The van der Waals surface area contributed by atoms with Crippen LogP contribution in [-0.4, -0.2) is 41.1 Å². The Morgan fingerprint density at radius 1 is 1.05 bits per heavy atom. The summed E-state index contributed by atoms with van der Waals surface area (Å²) in [5.41, 5.74) is 0.0115. The highest BCUT2D eigenvalue weighted by molar-refractivity contribution is 8.04. The maximum atomic E-state index is 11.2. The Labute approximate surface area is 121 Å². The van der Waals surface area contributed by atoms with E-state index < -0.39 is 11.9 Å². The SMILES string of the molecule is CN(C)C(=CC=C(Sc1ccccc1)C(=O)O)C(=O)O. The molecule has 0 fully saturated rings. The highest BCUT2D eigenvalue weighted by Crippen LogP contribution is 2.26. The number of nitrogens with zero attached hydrogens (tertiary/aromatic N) is 1. The highest BCUT2D eigenvalue weighted by Gasteiger charge is 2.11. The first-order valence-corrected chi connectivity index (χ1v) is 6.52. The molecule has 0 spiro atoms.